The molecule has 0 saturated carbocycles. The molecule has 2 rings (SSSR count). The summed E-state index contributed by atoms with van der Waals surface area (Å²) in [5.74, 6) is 1.03. The normalized spacial score (nSPS) is 10.2. The Morgan fingerprint density at radius 3 is 2.52 bits per heavy atom. The Hall–Kier alpha value is -2.37. The second kappa shape index (κ2) is 8.04. The molecule has 6 heteroatoms. The average molecular weight is 287 g/mol. The Kier molecular flexibility index (Phi) is 5.75. The molecule has 0 fully saturated rings. The Bertz CT molecular complexity index is 547. The zero-order valence-corrected chi connectivity index (χ0v) is 12.5. The first-order chi connectivity index (χ1) is 10.3. The predicted octanol–water partition coefficient (Wildman–Crippen LogP) is 2.36. The van der Waals surface area contributed by atoms with E-state index in [1.807, 2.05) is 13.0 Å². The van der Waals surface area contributed by atoms with E-state index in [2.05, 4.69) is 49.9 Å². The van der Waals surface area contributed by atoms with Crippen molar-refractivity contribution < 1.29 is 4.74 Å². The number of ether oxygens (including phenoxy) is 1. The molecule has 0 bridgehead atoms. The molecule has 0 aliphatic heterocycles. The van der Waals surface area contributed by atoms with E-state index in [-0.39, 0.29) is 0 Å². The highest BCUT2D eigenvalue weighted by atomic mass is 16.5. The first-order valence-corrected chi connectivity index (χ1v) is 7.16. The molecule has 0 atom stereocenters. The quantitative estimate of drug-likeness (QED) is 0.726. The minimum Gasteiger partial charge on any atom is -0.464 e. The van der Waals surface area contributed by atoms with Gasteiger partial charge in [0.15, 0.2) is 0 Å². The summed E-state index contributed by atoms with van der Waals surface area (Å²) in [5, 5.41) is 6.11. The topological polar surface area (TPSA) is 72.0 Å². The van der Waals surface area contributed by atoms with Crippen LogP contribution in [0.15, 0.2) is 30.3 Å². The smallest absolute Gasteiger partial charge is 0.323 e. The summed E-state index contributed by atoms with van der Waals surface area (Å²) >= 11 is 0. The van der Waals surface area contributed by atoms with Crippen LogP contribution < -0.4 is 15.4 Å². The van der Waals surface area contributed by atoms with Gasteiger partial charge in [0.2, 0.25) is 11.9 Å². The van der Waals surface area contributed by atoms with Gasteiger partial charge >= 0.3 is 6.01 Å². The lowest BCUT2D eigenvalue weighted by molar-refractivity contribution is 0.312. The zero-order chi connectivity index (χ0) is 14.9. The number of aromatic nitrogens is 3. The average Bonchev–Trinajstić information content (AvgIpc) is 2.53. The van der Waals surface area contributed by atoms with Crippen LogP contribution in [0.2, 0.25) is 0 Å². The van der Waals surface area contributed by atoms with Gasteiger partial charge in [-0.3, -0.25) is 0 Å². The van der Waals surface area contributed by atoms with Crippen molar-refractivity contribution in [3.8, 4) is 6.01 Å². The van der Waals surface area contributed by atoms with Gasteiger partial charge < -0.3 is 15.4 Å². The van der Waals surface area contributed by atoms with Crippen LogP contribution in [0.3, 0.4) is 0 Å². The highest BCUT2D eigenvalue weighted by Gasteiger charge is 2.05. The van der Waals surface area contributed by atoms with Gasteiger partial charge in [0.25, 0.3) is 0 Å². The van der Waals surface area contributed by atoms with Gasteiger partial charge in [0, 0.05) is 13.6 Å². The maximum Gasteiger partial charge on any atom is 0.323 e. The summed E-state index contributed by atoms with van der Waals surface area (Å²) in [5.41, 5.74) is 1.33. The van der Waals surface area contributed by atoms with Crippen molar-refractivity contribution in [1.29, 1.82) is 0 Å². The van der Waals surface area contributed by atoms with Gasteiger partial charge in [-0.1, -0.05) is 30.3 Å². The lowest BCUT2D eigenvalue weighted by Gasteiger charge is -2.08. The Morgan fingerprint density at radius 2 is 1.81 bits per heavy atom. The maximum absolute atomic E-state index is 5.32. The molecule has 2 aromatic rings. The van der Waals surface area contributed by atoms with E-state index in [0.29, 0.717) is 24.5 Å². The molecule has 6 nitrogen and oxygen atoms in total. The van der Waals surface area contributed by atoms with E-state index in [9.17, 15) is 0 Å². The van der Waals surface area contributed by atoms with E-state index in [4.69, 9.17) is 4.74 Å². The van der Waals surface area contributed by atoms with Crippen LogP contribution in [-0.2, 0) is 6.42 Å². The highest BCUT2D eigenvalue weighted by Crippen LogP contribution is 2.11. The minimum atomic E-state index is 0.336. The molecular weight excluding hydrogens is 266 g/mol. The molecule has 1 aromatic heterocycles. The van der Waals surface area contributed by atoms with Gasteiger partial charge in [0.05, 0.1) is 6.61 Å². The SMILES string of the molecule is CCOc1nc(NC)nc(NCCCc2ccccc2)n1. The third-order valence-corrected chi connectivity index (χ3v) is 2.88. The lowest BCUT2D eigenvalue weighted by atomic mass is 10.1. The number of anilines is 2. The minimum absolute atomic E-state index is 0.336. The van der Waals surface area contributed by atoms with Crippen LogP contribution in [0.25, 0.3) is 0 Å². The fraction of sp³-hybridized carbons (Fsp3) is 0.400. The van der Waals surface area contributed by atoms with Crippen molar-refractivity contribution in [1.82, 2.24) is 15.0 Å². The van der Waals surface area contributed by atoms with E-state index in [0.717, 1.165) is 19.4 Å². The molecular formula is C15H21N5O. The first kappa shape index (κ1) is 15.0. The number of benzene rings is 1. The number of rotatable bonds is 8. The van der Waals surface area contributed by atoms with E-state index >= 15 is 0 Å². The van der Waals surface area contributed by atoms with E-state index in [1.54, 1.807) is 7.05 Å². The first-order valence-electron chi connectivity index (χ1n) is 7.16. The van der Waals surface area contributed by atoms with Gasteiger partial charge in [0.1, 0.15) is 0 Å². The molecule has 0 spiro atoms. The largest absolute Gasteiger partial charge is 0.464 e. The summed E-state index contributed by atoms with van der Waals surface area (Å²) < 4.78 is 5.32. The number of hydrogen-bond acceptors (Lipinski definition) is 6. The standard InChI is InChI=1S/C15H21N5O/c1-3-21-15-19-13(16-2)18-14(20-15)17-11-7-10-12-8-5-4-6-9-12/h4-6,8-9H,3,7,10-11H2,1-2H3,(H2,16,17,18,19,20). The molecule has 1 aromatic carbocycles. The molecule has 2 N–H and O–H groups in total. The van der Waals surface area contributed by atoms with Crippen LogP contribution in [0.4, 0.5) is 11.9 Å². The fourth-order valence-electron chi connectivity index (χ4n) is 1.88. The summed E-state index contributed by atoms with van der Waals surface area (Å²) in [6, 6.07) is 10.7. The molecule has 112 valence electrons. The van der Waals surface area contributed by atoms with E-state index in [1.165, 1.54) is 5.56 Å². The lowest BCUT2D eigenvalue weighted by Crippen LogP contribution is -2.10. The highest BCUT2D eigenvalue weighted by molar-refractivity contribution is 5.35. The summed E-state index contributed by atoms with van der Waals surface area (Å²) in [6.45, 7) is 3.23. The number of nitrogens with one attached hydrogen (secondary N) is 2. The second-order valence-electron chi connectivity index (χ2n) is 4.46. The maximum atomic E-state index is 5.32. The Labute approximate surface area is 125 Å². The van der Waals surface area contributed by atoms with Crippen LogP contribution in [0.5, 0.6) is 6.01 Å². The Balaban J connectivity index is 1.86. The van der Waals surface area contributed by atoms with Crippen LogP contribution in [-0.4, -0.2) is 35.2 Å². The fourth-order valence-corrected chi connectivity index (χ4v) is 1.88. The summed E-state index contributed by atoms with van der Waals surface area (Å²) in [4.78, 5) is 12.6. The van der Waals surface area contributed by atoms with Crippen molar-refractivity contribution in [3.05, 3.63) is 35.9 Å². The third-order valence-electron chi connectivity index (χ3n) is 2.88. The van der Waals surface area contributed by atoms with Crippen LogP contribution in [0.1, 0.15) is 18.9 Å². The van der Waals surface area contributed by atoms with Crippen molar-refractivity contribution in [3.63, 3.8) is 0 Å². The van der Waals surface area contributed by atoms with Crippen LogP contribution in [0, 0.1) is 0 Å². The molecule has 0 amide bonds. The van der Waals surface area contributed by atoms with Gasteiger partial charge in [-0.15, -0.1) is 0 Å². The zero-order valence-electron chi connectivity index (χ0n) is 12.5. The van der Waals surface area contributed by atoms with Crippen molar-refractivity contribution >= 4 is 11.9 Å². The second-order valence-corrected chi connectivity index (χ2v) is 4.46. The van der Waals surface area contributed by atoms with Crippen molar-refractivity contribution in [2.75, 3.05) is 30.8 Å². The molecule has 0 aliphatic carbocycles. The van der Waals surface area contributed by atoms with Gasteiger partial charge in [-0.2, -0.15) is 15.0 Å². The molecule has 1 heterocycles. The Morgan fingerprint density at radius 1 is 1.05 bits per heavy atom. The number of nitrogens with zero attached hydrogens (tertiary/aromatic N) is 3. The van der Waals surface area contributed by atoms with Crippen LogP contribution >= 0.6 is 0 Å². The third kappa shape index (κ3) is 4.91. The molecule has 0 aliphatic rings. The van der Waals surface area contributed by atoms with E-state index < -0.39 is 0 Å². The predicted molar refractivity (Wildman–Crippen MR) is 83.8 cm³/mol. The van der Waals surface area contributed by atoms with Gasteiger partial charge in [-0.25, -0.2) is 0 Å². The van der Waals surface area contributed by atoms with Crippen molar-refractivity contribution in [2.24, 2.45) is 0 Å². The monoisotopic (exact) mass is 287 g/mol. The van der Waals surface area contributed by atoms with Crippen molar-refractivity contribution in [2.45, 2.75) is 19.8 Å². The van der Waals surface area contributed by atoms with Gasteiger partial charge in [-0.05, 0) is 25.3 Å². The molecule has 0 saturated heterocycles. The molecule has 21 heavy (non-hydrogen) atoms. The summed E-state index contributed by atoms with van der Waals surface area (Å²) in [6.07, 6.45) is 2.03. The molecule has 0 unspecified atom stereocenters. The summed E-state index contributed by atoms with van der Waals surface area (Å²) in [7, 11) is 1.77. The number of hydrogen-bond donors (Lipinski definition) is 2. The number of aryl methyl sites for hydroxylation is 1. The molecule has 0 radical (unpaired) electrons.